The Bertz CT molecular complexity index is 812. The largest absolute Gasteiger partial charge is 0.459 e. The van der Waals surface area contributed by atoms with E-state index in [1.54, 1.807) is 34.0 Å². The predicted molar refractivity (Wildman–Crippen MR) is 144 cm³/mol. The maximum absolute atomic E-state index is 13.3. The number of allylic oxidation sites excluding steroid dienone is 1. The second-order valence-electron chi connectivity index (χ2n) is 11.2. The van der Waals surface area contributed by atoms with Crippen molar-refractivity contribution in [1.82, 2.24) is 4.90 Å². The molecule has 0 aromatic carbocycles. The van der Waals surface area contributed by atoms with Crippen LogP contribution in [0.3, 0.4) is 0 Å². The quantitative estimate of drug-likeness (QED) is 0.171. The van der Waals surface area contributed by atoms with Crippen LogP contribution in [0, 0.1) is 29.6 Å². The third kappa shape index (κ3) is 7.85. The molecule has 0 aliphatic carbocycles. The Morgan fingerprint density at radius 2 is 1.78 bits per heavy atom. The van der Waals surface area contributed by atoms with E-state index in [2.05, 4.69) is 11.7 Å². The smallest absolute Gasteiger partial charge is 0.316 e. The molecule has 1 aliphatic heterocycles. The van der Waals surface area contributed by atoms with Gasteiger partial charge in [0, 0.05) is 31.4 Å². The molecule has 1 saturated heterocycles. The van der Waals surface area contributed by atoms with Gasteiger partial charge in [0.1, 0.15) is 30.0 Å². The minimum absolute atomic E-state index is 0.244. The number of hydrogen-bond acceptors (Lipinski definition) is 9. The summed E-state index contributed by atoms with van der Waals surface area (Å²) in [5.74, 6) is -3.88. The van der Waals surface area contributed by atoms with Gasteiger partial charge in [-0.2, -0.15) is 0 Å². The number of oxime groups is 1. The first kappa shape index (κ1) is 33.2. The number of methoxy groups -OCH3 is 1. The molecule has 9 atom stereocenters. The van der Waals surface area contributed by atoms with Crippen molar-refractivity contribution in [2.24, 2.45) is 34.7 Å². The Hall–Kier alpha value is -1.81. The van der Waals surface area contributed by atoms with Crippen molar-refractivity contribution in [3.63, 3.8) is 0 Å². The van der Waals surface area contributed by atoms with E-state index in [0.717, 1.165) is 0 Å². The first-order chi connectivity index (χ1) is 17.1. The molecule has 0 unspecified atom stereocenters. The monoisotopic (exact) mass is 526 g/mol. The van der Waals surface area contributed by atoms with Crippen molar-refractivity contribution in [3.05, 3.63) is 12.7 Å². The fraction of sp³-hybridized carbons (Fsp3) is 0.821. The van der Waals surface area contributed by atoms with Crippen molar-refractivity contribution in [2.75, 3.05) is 34.4 Å². The van der Waals surface area contributed by atoms with Gasteiger partial charge in [0.25, 0.3) is 0 Å². The highest BCUT2D eigenvalue weighted by Gasteiger charge is 2.48. The zero-order valence-electron chi connectivity index (χ0n) is 24.5. The highest BCUT2D eigenvalue weighted by Crippen LogP contribution is 2.38. The van der Waals surface area contributed by atoms with Crippen molar-refractivity contribution < 1.29 is 34.1 Å². The van der Waals surface area contributed by atoms with Crippen LogP contribution in [0.25, 0.3) is 0 Å². The number of esters is 1. The minimum Gasteiger partial charge on any atom is -0.459 e. The van der Waals surface area contributed by atoms with Crippen molar-refractivity contribution >= 4 is 17.5 Å². The third-order valence-corrected chi connectivity index (χ3v) is 8.32. The molecular weight excluding hydrogens is 476 g/mol. The first-order valence-corrected chi connectivity index (χ1v) is 13.3. The highest BCUT2D eigenvalue weighted by molar-refractivity contribution is 6.00. The summed E-state index contributed by atoms with van der Waals surface area (Å²) >= 11 is 0. The lowest BCUT2D eigenvalue weighted by Gasteiger charge is -2.43. The summed E-state index contributed by atoms with van der Waals surface area (Å²) in [5, 5.41) is 27.3. The molecular formula is C28H50N2O7. The summed E-state index contributed by atoms with van der Waals surface area (Å²) in [5.41, 5.74) is -2.13. The Morgan fingerprint density at radius 1 is 1.19 bits per heavy atom. The predicted octanol–water partition coefficient (Wildman–Crippen LogP) is 3.08. The molecule has 2 N–H and O–H groups in total. The van der Waals surface area contributed by atoms with Gasteiger partial charge in [-0.1, -0.05) is 38.9 Å². The first-order valence-electron chi connectivity index (χ1n) is 13.3. The number of rotatable bonds is 7. The standard InChI is InChI=1S/C28H50N2O7/c1-12-21-16-27(7,35-11)20(6)17(3)24(31)19(5)26(33)37-22(13-2)28(8,34)25(32)18(4)23(21)29-36-15-14-30(9)10/h12,17-22,25,32,34H,1,13-16H2,2-11H3/b29-23-/t17-,18+,19-,20-,21-,22-,25-,27-,28-/m1/s1. The number of carbonyl (C=O) groups is 2. The lowest BCUT2D eigenvalue weighted by Crippen LogP contribution is -2.56. The van der Waals surface area contributed by atoms with E-state index < -0.39 is 53.1 Å². The molecule has 1 aliphatic rings. The maximum Gasteiger partial charge on any atom is 0.316 e. The van der Waals surface area contributed by atoms with E-state index in [9.17, 15) is 19.8 Å². The molecule has 37 heavy (non-hydrogen) atoms. The molecule has 9 heteroatoms. The number of Topliss-reactive ketones (excluding diaryl/α,β-unsaturated/α-hetero) is 1. The Kier molecular flexibility index (Phi) is 12.4. The third-order valence-electron chi connectivity index (χ3n) is 8.32. The van der Waals surface area contributed by atoms with E-state index in [1.165, 1.54) is 13.8 Å². The van der Waals surface area contributed by atoms with Gasteiger partial charge in [0.15, 0.2) is 0 Å². The van der Waals surface area contributed by atoms with E-state index in [-0.39, 0.29) is 18.1 Å². The number of aliphatic hydroxyl groups excluding tert-OH is 1. The minimum atomic E-state index is -1.82. The van der Waals surface area contributed by atoms with Crippen molar-refractivity contribution in [1.29, 1.82) is 0 Å². The summed E-state index contributed by atoms with van der Waals surface area (Å²) in [6.07, 6.45) is -0.0206. The topological polar surface area (TPSA) is 118 Å². The van der Waals surface area contributed by atoms with Crippen LogP contribution in [0.5, 0.6) is 0 Å². The SMILES string of the molecule is C=C[C@@H]1C[C@@](C)(OC)[C@H](C)[C@@H](C)C(=O)[C@@H](C)C(=O)O[C@H](CC)[C@@](C)(O)[C@H](O)[C@@H](C)/C1=N/OCCN(C)C. The average Bonchev–Trinajstić information content (AvgIpc) is 2.86. The fourth-order valence-electron chi connectivity index (χ4n) is 5.03. The summed E-state index contributed by atoms with van der Waals surface area (Å²) in [6.45, 7) is 17.1. The van der Waals surface area contributed by atoms with Gasteiger partial charge in [-0.3, -0.25) is 9.59 Å². The van der Waals surface area contributed by atoms with Crippen LogP contribution in [0.2, 0.25) is 0 Å². The summed E-state index contributed by atoms with van der Waals surface area (Å²) < 4.78 is 11.6. The molecule has 0 aromatic rings. The van der Waals surface area contributed by atoms with Crippen LogP contribution in [0.1, 0.15) is 61.3 Å². The molecule has 1 heterocycles. The maximum atomic E-state index is 13.3. The molecule has 214 valence electrons. The highest BCUT2D eigenvalue weighted by atomic mass is 16.6. The second-order valence-corrected chi connectivity index (χ2v) is 11.2. The number of ketones is 1. The lowest BCUT2D eigenvalue weighted by molar-refractivity contribution is -0.187. The number of cyclic esters (lactones) is 1. The zero-order valence-corrected chi connectivity index (χ0v) is 24.5. The van der Waals surface area contributed by atoms with Crippen LogP contribution in [-0.4, -0.2) is 90.3 Å². The van der Waals surface area contributed by atoms with Gasteiger partial charge in [0.05, 0.1) is 17.4 Å². The molecule has 1 rings (SSSR count). The number of likely N-dealkylation sites (N-methyl/N-ethyl adjacent to an activating group) is 1. The molecule has 1 fully saturated rings. The van der Waals surface area contributed by atoms with E-state index >= 15 is 0 Å². The zero-order chi connectivity index (χ0) is 28.7. The van der Waals surface area contributed by atoms with Crippen LogP contribution >= 0.6 is 0 Å². The van der Waals surface area contributed by atoms with Gasteiger partial charge in [-0.15, -0.1) is 6.58 Å². The molecule has 0 bridgehead atoms. The number of carbonyl (C=O) groups excluding carboxylic acids is 2. The Labute approximate surface area is 223 Å². The Balaban J connectivity index is 3.70. The molecule has 0 amide bonds. The second kappa shape index (κ2) is 13.8. The van der Waals surface area contributed by atoms with Gasteiger partial charge in [0.2, 0.25) is 0 Å². The molecule has 0 spiro atoms. The van der Waals surface area contributed by atoms with Gasteiger partial charge in [-0.05, 0) is 53.6 Å². The van der Waals surface area contributed by atoms with Crippen molar-refractivity contribution in [2.45, 2.75) is 84.7 Å². The summed E-state index contributed by atoms with van der Waals surface area (Å²) in [6, 6.07) is 0. The van der Waals surface area contributed by atoms with Crippen LogP contribution in [0.15, 0.2) is 17.8 Å². The van der Waals surface area contributed by atoms with E-state index in [4.69, 9.17) is 14.3 Å². The van der Waals surface area contributed by atoms with Gasteiger partial charge in [-0.25, -0.2) is 0 Å². The van der Waals surface area contributed by atoms with Crippen LogP contribution in [-0.2, 0) is 23.9 Å². The van der Waals surface area contributed by atoms with E-state index in [1.807, 2.05) is 32.8 Å². The molecule has 9 nitrogen and oxygen atoms in total. The number of ether oxygens (including phenoxy) is 2. The normalized spacial score (nSPS) is 39.8. The van der Waals surface area contributed by atoms with Crippen LogP contribution < -0.4 is 0 Å². The number of aliphatic hydroxyl groups is 2. The van der Waals surface area contributed by atoms with Crippen molar-refractivity contribution in [3.8, 4) is 0 Å². The number of hydrogen-bond donors (Lipinski definition) is 2. The number of nitrogens with zero attached hydrogens (tertiary/aromatic N) is 2. The van der Waals surface area contributed by atoms with Gasteiger partial charge < -0.3 is 29.4 Å². The fourth-order valence-corrected chi connectivity index (χ4v) is 5.03. The Morgan fingerprint density at radius 3 is 2.27 bits per heavy atom. The van der Waals surface area contributed by atoms with Gasteiger partial charge >= 0.3 is 5.97 Å². The summed E-state index contributed by atoms with van der Waals surface area (Å²) in [7, 11) is 5.44. The summed E-state index contributed by atoms with van der Waals surface area (Å²) in [4.78, 5) is 33.9. The molecule has 0 radical (unpaired) electrons. The lowest BCUT2D eigenvalue weighted by atomic mass is 9.70. The average molecular weight is 527 g/mol. The molecule has 0 saturated carbocycles. The van der Waals surface area contributed by atoms with Crippen LogP contribution in [0.4, 0.5) is 0 Å². The molecule has 0 aromatic heterocycles. The van der Waals surface area contributed by atoms with E-state index in [0.29, 0.717) is 25.3 Å².